The minimum atomic E-state index is -0.691. The number of carbonyl (C=O) groups excluding carboxylic acids is 2. The molecule has 7 heteroatoms. The van der Waals surface area contributed by atoms with Crippen LogP contribution in [0.15, 0.2) is 36.5 Å². The van der Waals surface area contributed by atoms with Gasteiger partial charge < -0.3 is 14.8 Å². The van der Waals surface area contributed by atoms with Gasteiger partial charge >= 0.3 is 5.97 Å². The van der Waals surface area contributed by atoms with Crippen molar-refractivity contribution in [1.29, 1.82) is 0 Å². The molecule has 1 atom stereocenters. The van der Waals surface area contributed by atoms with Gasteiger partial charge in [-0.05, 0) is 42.7 Å². The maximum atomic E-state index is 12.4. The molecular weight excluding hydrogens is 322 g/mol. The van der Waals surface area contributed by atoms with E-state index in [4.69, 9.17) is 9.47 Å². The average molecular weight is 345 g/mol. The van der Waals surface area contributed by atoms with Crippen LogP contribution in [-0.2, 0) is 9.53 Å². The third-order valence-electron chi connectivity index (χ3n) is 3.66. The van der Waals surface area contributed by atoms with Gasteiger partial charge in [0.1, 0.15) is 11.8 Å². The van der Waals surface area contributed by atoms with Crippen molar-refractivity contribution in [2.75, 3.05) is 14.2 Å². The fraction of sp³-hybridized carbons (Fsp3) is 0.389. The third kappa shape index (κ3) is 4.82. The van der Waals surface area contributed by atoms with E-state index in [1.807, 2.05) is 38.1 Å². The summed E-state index contributed by atoms with van der Waals surface area (Å²) >= 11 is 0. The van der Waals surface area contributed by atoms with Gasteiger partial charge in [0.2, 0.25) is 0 Å². The molecule has 0 fully saturated rings. The van der Waals surface area contributed by atoms with Gasteiger partial charge in [-0.2, -0.15) is 5.10 Å². The molecule has 7 nitrogen and oxygen atoms in total. The molecule has 1 aromatic heterocycles. The van der Waals surface area contributed by atoms with Gasteiger partial charge in [-0.3, -0.25) is 4.79 Å². The van der Waals surface area contributed by atoms with E-state index in [1.165, 1.54) is 7.11 Å². The topological polar surface area (TPSA) is 82.5 Å². The van der Waals surface area contributed by atoms with Gasteiger partial charge in [-0.1, -0.05) is 13.8 Å². The highest BCUT2D eigenvalue weighted by molar-refractivity contribution is 5.95. The summed E-state index contributed by atoms with van der Waals surface area (Å²) in [6, 6.07) is 8.21. The van der Waals surface area contributed by atoms with Gasteiger partial charge in [0.25, 0.3) is 5.91 Å². The molecule has 0 aliphatic heterocycles. The van der Waals surface area contributed by atoms with Crippen LogP contribution in [0.3, 0.4) is 0 Å². The molecule has 0 saturated carbocycles. The summed E-state index contributed by atoms with van der Waals surface area (Å²) < 4.78 is 11.5. The molecule has 1 N–H and O–H groups in total. The Kier molecular flexibility index (Phi) is 6.16. The summed E-state index contributed by atoms with van der Waals surface area (Å²) in [4.78, 5) is 24.2. The lowest BCUT2D eigenvalue weighted by Crippen LogP contribution is -2.42. The number of ether oxygens (including phenoxy) is 2. The number of nitrogens with one attached hydrogen (secondary N) is 1. The highest BCUT2D eigenvalue weighted by Gasteiger charge is 2.24. The van der Waals surface area contributed by atoms with Crippen molar-refractivity contribution in [2.24, 2.45) is 5.92 Å². The van der Waals surface area contributed by atoms with Gasteiger partial charge in [0.15, 0.2) is 5.69 Å². The molecule has 0 aliphatic rings. The fourth-order valence-corrected chi connectivity index (χ4v) is 2.38. The molecule has 0 aliphatic carbocycles. The number of carbonyl (C=O) groups is 2. The second-order valence-electron chi connectivity index (χ2n) is 6.02. The molecular formula is C18H23N3O4. The van der Waals surface area contributed by atoms with Crippen molar-refractivity contribution in [2.45, 2.75) is 26.3 Å². The Hall–Kier alpha value is -2.83. The maximum Gasteiger partial charge on any atom is 0.328 e. The zero-order valence-electron chi connectivity index (χ0n) is 14.9. The van der Waals surface area contributed by atoms with Crippen LogP contribution in [0.5, 0.6) is 5.75 Å². The summed E-state index contributed by atoms with van der Waals surface area (Å²) in [5.74, 6) is 0.102. The minimum absolute atomic E-state index is 0.230. The molecule has 0 saturated heterocycles. The van der Waals surface area contributed by atoms with E-state index < -0.39 is 17.9 Å². The van der Waals surface area contributed by atoms with Crippen LogP contribution in [0.4, 0.5) is 0 Å². The zero-order chi connectivity index (χ0) is 18.4. The number of amides is 1. The molecule has 1 heterocycles. The maximum absolute atomic E-state index is 12.4. The highest BCUT2D eigenvalue weighted by Crippen LogP contribution is 2.15. The number of nitrogens with zero attached hydrogens (tertiary/aromatic N) is 2. The van der Waals surface area contributed by atoms with E-state index in [2.05, 4.69) is 10.4 Å². The Labute approximate surface area is 146 Å². The molecule has 1 aromatic carbocycles. The van der Waals surface area contributed by atoms with Crippen LogP contribution in [0.1, 0.15) is 30.8 Å². The molecule has 25 heavy (non-hydrogen) atoms. The van der Waals surface area contributed by atoms with Crippen molar-refractivity contribution in [1.82, 2.24) is 15.1 Å². The van der Waals surface area contributed by atoms with Crippen molar-refractivity contribution in [3.05, 3.63) is 42.2 Å². The first-order valence-corrected chi connectivity index (χ1v) is 8.03. The molecule has 1 amide bonds. The van der Waals surface area contributed by atoms with Gasteiger partial charge in [0, 0.05) is 6.20 Å². The predicted octanol–water partition coefficient (Wildman–Crippen LogP) is 2.20. The SMILES string of the molecule is COC(=O)C(CC(C)C)NC(=O)c1ccn(-c2ccc(OC)cc2)n1. The first-order valence-electron chi connectivity index (χ1n) is 8.03. The Morgan fingerprint density at radius 3 is 2.40 bits per heavy atom. The number of esters is 1. The smallest absolute Gasteiger partial charge is 0.328 e. The monoisotopic (exact) mass is 345 g/mol. The van der Waals surface area contributed by atoms with Gasteiger partial charge in [0.05, 0.1) is 19.9 Å². The fourth-order valence-electron chi connectivity index (χ4n) is 2.38. The summed E-state index contributed by atoms with van der Waals surface area (Å²) in [5.41, 5.74) is 1.03. The lowest BCUT2D eigenvalue weighted by atomic mass is 10.0. The predicted molar refractivity (Wildman–Crippen MR) is 92.8 cm³/mol. The van der Waals surface area contributed by atoms with E-state index >= 15 is 0 Å². The van der Waals surface area contributed by atoms with Crippen molar-refractivity contribution >= 4 is 11.9 Å². The van der Waals surface area contributed by atoms with Crippen LogP contribution in [0.25, 0.3) is 5.69 Å². The number of rotatable bonds is 7. The Morgan fingerprint density at radius 2 is 1.84 bits per heavy atom. The lowest BCUT2D eigenvalue weighted by molar-refractivity contribution is -0.143. The standard InChI is InChI=1S/C18H23N3O4/c1-12(2)11-16(18(23)25-4)19-17(22)15-9-10-21(20-15)13-5-7-14(24-3)8-6-13/h5-10,12,16H,11H2,1-4H3,(H,19,22). The lowest BCUT2D eigenvalue weighted by Gasteiger charge is -2.17. The van der Waals surface area contributed by atoms with Crippen LogP contribution in [0.2, 0.25) is 0 Å². The quantitative estimate of drug-likeness (QED) is 0.778. The Morgan fingerprint density at radius 1 is 1.16 bits per heavy atom. The first-order chi connectivity index (χ1) is 11.9. The van der Waals surface area contributed by atoms with Crippen LogP contribution in [0, 0.1) is 5.92 Å². The Bertz CT molecular complexity index is 722. The third-order valence-corrected chi connectivity index (χ3v) is 3.66. The summed E-state index contributed by atoms with van der Waals surface area (Å²) in [5, 5.41) is 6.95. The number of hydrogen-bond acceptors (Lipinski definition) is 5. The average Bonchev–Trinajstić information content (AvgIpc) is 3.10. The Balaban J connectivity index is 2.11. The second kappa shape index (κ2) is 8.32. The number of hydrogen-bond donors (Lipinski definition) is 1. The molecule has 2 rings (SSSR count). The molecule has 0 spiro atoms. The van der Waals surface area contributed by atoms with E-state index in [-0.39, 0.29) is 11.6 Å². The molecule has 2 aromatic rings. The zero-order valence-corrected chi connectivity index (χ0v) is 14.9. The highest BCUT2D eigenvalue weighted by atomic mass is 16.5. The van der Waals surface area contributed by atoms with E-state index in [1.54, 1.807) is 24.1 Å². The molecule has 0 radical (unpaired) electrons. The summed E-state index contributed by atoms with van der Waals surface area (Å²) in [6.45, 7) is 3.95. The van der Waals surface area contributed by atoms with Crippen molar-refractivity contribution in [3.8, 4) is 11.4 Å². The largest absolute Gasteiger partial charge is 0.497 e. The first kappa shape index (κ1) is 18.5. The normalized spacial score (nSPS) is 11.9. The number of methoxy groups -OCH3 is 2. The summed E-state index contributed by atoms with van der Waals surface area (Å²) in [7, 11) is 2.90. The second-order valence-corrected chi connectivity index (χ2v) is 6.02. The molecule has 134 valence electrons. The van der Waals surface area contributed by atoms with Crippen LogP contribution >= 0.6 is 0 Å². The van der Waals surface area contributed by atoms with E-state index in [9.17, 15) is 9.59 Å². The van der Waals surface area contributed by atoms with Crippen molar-refractivity contribution in [3.63, 3.8) is 0 Å². The van der Waals surface area contributed by atoms with Crippen LogP contribution < -0.4 is 10.1 Å². The molecule has 1 unspecified atom stereocenters. The van der Waals surface area contributed by atoms with E-state index in [0.29, 0.717) is 6.42 Å². The number of aromatic nitrogens is 2. The number of benzene rings is 1. The van der Waals surface area contributed by atoms with Gasteiger partial charge in [-0.15, -0.1) is 0 Å². The minimum Gasteiger partial charge on any atom is -0.497 e. The van der Waals surface area contributed by atoms with Crippen molar-refractivity contribution < 1.29 is 19.1 Å². The summed E-state index contributed by atoms with van der Waals surface area (Å²) in [6.07, 6.45) is 2.18. The van der Waals surface area contributed by atoms with E-state index in [0.717, 1.165) is 11.4 Å². The van der Waals surface area contributed by atoms with Gasteiger partial charge in [-0.25, -0.2) is 9.48 Å². The van der Waals surface area contributed by atoms with Crippen LogP contribution in [-0.4, -0.2) is 41.9 Å². The molecule has 0 bridgehead atoms.